The Bertz CT molecular complexity index is 305. The molecule has 1 aliphatic carbocycles. The quantitative estimate of drug-likeness (QED) is 0.732. The third-order valence-electron chi connectivity index (χ3n) is 3.86. The molecule has 90 valence electrons. The van der Waals surface area contributed by atoms with Gasteiger partial charge in [-0.15, -0.1) is 6.58 Å². The Morgan fingerprint density at radius 2 is 2.12 bits per heavy atom. The smallest absolute Gasteiger partial charge is 0.413 e. The molecule has 0 radical (unpaired) electrons. The molecule has 1 saturated carbocycles. The SMILES string of the molecule is C=CCN1C(=O)OC2(CCCCC2)[C@]1(C)O. The van der Waals surface area contributed by atoms with Gasteiger partial charge in [0.1, 0.15) is 0 Å². The number of aliphatic hydroxyl groups is 1. The number of nitrogens with zero attached hydrogens (tertiary/aromatic N) is 1. The van der Waals surface area contributed by atoms with E-state index < -0.39 is 17.4 Å². The summed E-state index contributed by atoms with van der Waals surface area (Å²) in [6, 6.07) is 0. The molecule has 1 spiro atoms. The van der Waals surface area contributed by atoms with Crippen LogP contribution in [-0.4, -0.2) is 34.0 Å². The van der Waals surface area contributed by atoms with E-state index >= 15 is 0 Å². The molecular formula is C12H19NO3. The van der Waals surface area contributed by atoms with Crippen LogP contribution in [0, 0.1) is 0 Å². The Hall–Kier alpha value is -1.03. The molecule has 1 N–H and O–H groups in total. The molecule has 0 aromatic rings. The fourth-order valence-corrected chi connectivity index (χ4v) is 2.82. The standard InChI is InChI=1S/C12H19NO3/c1-3-9-13-10(14)16-12(11(13,2)15)7-5-4-6-8-12/h3,15H,1,4-9H2,2H3/t11-/m0/s1. The van der Waals surface area contributed by atoms with Crippen molar-refractivity contribution in [2.75, 3.05) is 6.54 Å². The molecule has 1 amide bonds. The first kappa shape index (κ1) is 11.5. The van der Waals surface area contributed by atoms with Gasteiger partial charge in [0.05, 0.1) is 0 Å². The van der Waals surface area contributed by atoms with Crippen molar-refractivity contribution in [3.63, 3.8) is 0 Å². The van der Waals surface area contributed by atoms with E-state index in [1.165, 1.54) is 4.90 Å². The zero-order valence-corrected chi connectivity index (χ0v) is 9.74. The van der Waals surface area contributed by atoms with Crippen molar-refractivity contribution in [3.8, 4) is 0 Å². The maximum atomic E-state index is 11.7. The van der Waals surface area contributed by atoms with E-state index in [9.17, 15) is 9.90 Å². The lowest BCUT2D eigenvalue weighted by Crippen LogP contribution is -2.57. The highest BCUT2D eigenvalue weighted by atomic mass is 16.6. The van der Waals surface area contributed by atoms with Gasteiger partial charge in [0.2, 0.25) is 0 Å². The Morgan fingerprint density at radius 3 is 2.69 bits per heavy atom. The number of ether oxygens (including phenoxy) is 1. The van der Waals surface area contributed by atoms with E-state index in [1.807, 2.05) is 0 Å². The molecule has 0 aromatic carbocycles. The van der Waals surface area contributed by atoms with Crippen LogP contribution < -0.4 is 0 Å². The van der Waals surface area contributed by atoms with Gasteiger partial charge < -0.3 is 9.84 Å². The van der Waals surface area contributed by atoms with E-state index in [2.05, 4.69) is 6.58 Å². The highest BCUT2D eigenvalue weighted by Gasteiger charge is 2.61. The highest BCUT2D eigenvalue weighted by Crippen LogP contribution is 2.46. The van der Waals surface area contributed by atoms with Gasteiger partial charge in [-0.3, -0.25) is 4.90 Å². The summed E-state index contributed by atoms with van der Waals surface area (Å²) in [6.07, 6.45) is 5.84. The molecular weight excluding hydrogens is 206 g/mol. The molecule has 4 heteroatoms. The van der Waals surface area contributed by atoms with E-state index in [1.54, 1.807) is 13.0 Å². The number of carbonyl (C=O) groups is 1. The number of amides is 1. The summed E-state index contributed by atoms with van der Waals surface area (Å²) in [5, 5.41) is 10.6. The maximum absolute atomic E-state index is 11.7. The van der Waals surface area contributed by atoms with Crippen molar-refractivity contribution >= 4 is 6.09 Å². The Balaban J connectivity index is 2.28. The van der Waals surface area contributed by atoms with Crippen molar-refractivity contribution in [2.24, 2.45) is 0 Å². The topological polar surface area (TPSA) is 49.8 Å². The van der Waals surface area contributed by atoms with Crippen LogP contribution in [0.2, 0.25) is 0 Å². The Kier molecular flexibility index (Phi) is 2.70. The van der Waals surface area contributed by atoms with E-state index in [4.69, 9.17) is 4.74 Å². The Labute approximate surface area is 95.9 Å². The van der Waals surface area contributed by atoms with Crippen LogP contribution in [0.4, 0.5) is 4.79 Å². The fraction of sp³-hybridized carbons (Fsp3) is 0.750. The van der Waals surface area contributed by atoms with Gasteiger partial charge in [-0.25, -0.2) is 4.79 Å². The lowest BCUT2D eigenvalue weighted by Gasteiger charge is -2.41. The molecule has 1 atom stereocenters. The molecule has 2 fully saturated rings. The van der Waals surface area contributed by atoms with Crippen molar-refractivity contribution in [2.45, 2.75) is 50.4 Å². The van der Waals surface area contributed by atoms with Crippen molar-refractivity contribution in [1.29, 1.82) is 0 Å². The minimum atomic E-state index is -1.21. The molecule has 0 bridgehead atoms. The summed E-state index contributed by atoms with van der Waals surface area (Å²) in [7, 11) is 0. The van der Waals surface area contributed by atoms with Crippen LogP contribution >= 0.6 is 0 Å². The molecule has 16 heavy (non-hydrogen) atoms. The van der Waals surface area contributed by atoms with Gasteiger partial charge in [0.15, 0.2) is 11.3 Å². The second-order valence-corrected chi connectivity index (χ2v) is 4.84. The average Bonchev–Trinajstić information content (AvgIpc) is 2.41. The Morgan fingerprint density at radius 1 is 1.50 bits per heavy atom. The second kappa shape index (κ2) is 3.77. The minimum absolute atomic E-state index is 0.327. The zero-order chi connectivity index (χ0) is 11.8. The molecule has 1 aliphatic heterocycles. The van der Waals surface area contributed by atoms with Gasteiger partial charge in [-0.05, 0) is 32.6 Å². The average molecular weight is 225 g/mol. The van der Waals surface area contributed by atoms with E-state index in [-0.39, 0.29) is 0 Å². The molecule has 2 rings (SSSR count). The largest absolute Gasteiger partial charge is 0.438 e. The summed E-state index contributed by atoms with van der Waals surface area (Å²) in [5.74, 6) is 0. The maximum Gasteiger partial charge on any atom is 0.413 e. The van der Waals surface area contributed by atoms with Crippen LogP contribution in [-0.2, 0) is 4.74 Å². The molecule has 2 aliphatic rings. The van der Waals surface area contributed by atoms with E-state index in [0.717, 1.165) is 32.1 Å². The first-order valence-corrected chi connectivity index (χ1v) is 5.87. The lowest BCUT2D eigenvalue weighted by molar-refractivity contribution is -0.156. The molecule has 1 saturated heterocycles. The second-order valence-electron chi connectivity index (χ2n) is 4.84. The first-order valence-electron chi connectivity index (χ1n) is 5.87. The van der Waals surface area contributed by atoms with Gasteiger partial charge in [-0.1, -0.05) is 12.5 Å². The normalized spacial score (nSPS) is 32.9. The van der Waals surface area contributed by atoms with Crippen LogP contribution in [0.15, 0.2) is 12.7 Å². The van der Waals surface area contributed by atoms with Crippen molar-refractivity contribution < 1.29 is 14.6 Å². The fourth-order valence-electron chi connectivity index (χ4n) is 2.82. The molecule has 0 aromatic heterocycles. The third kappa shape index (κ3) is 1.44. The van der Waals surface area contributed by atoms with Crippen LogP contribution in [0.3, 0.4) is 0 Å². The molecule has 4 nitrogen and oxygen atoms in total. The number of rotatable bonds is 2. The summed E-state index contributed by atoms with van der Waals surface area (Å²) in [5.41, 5.74) is -1.91. The lowest BCUT2D eigenvalue weighted by atomic mass is 9.77. The minimum Gasteiger partial charge on any atom is -0.438 e. The summed E-state index contributed by atoms with van der Waals surface area (Å²) >= 11 is 0. The van der Waals surface area contributed by atoms with Crippen LogP contribution in [0.5, 0.6) is 0 Å². The van der Waals surface area contributed by atoms with Crippen molar-refractivity contribution in [1.82, 2.24) is 4.90 Å². The van der Waals surface area contributed by atoms with Gasteiger partial charge in [-0.2, -0.15) is 0 Å². The molecule has 1 heterocycles. The first-order chi connectivity index (χ1) is 7.53. The third-order valence-corrected chi connectivity index (χ3v) is 3.86. The van der Waals surface area contributed by atoms with Gasteiger partial charge in [0.25, 0.3) is 0 Å². The van der Waals surface area contributed by atoms with Crippen molar-refractivity contribution in [3.05, 3.63) is 12.7 Å². The highest BCUT2D eigenvalue weighted by molar-refractivity contribution is 5.72. The predicted octanol–water partition coefficient (Wildman–Crippen LogP) is 2.04. The summed E-state index contributed by atoms with van der Waals surface area (Å²) in [6.45, 7) is 5.60. The van der Waals surface area contributed by atoms with Crippen LogP contribution in [0.25, 0.3) is 0 Å². The predicted molar refractivity (Wildman–Crippen MR) is 59.8 cm³/mol. The zero-order valence-electron chi connectivity index (χ0n) is 9.74. The monoisotopic (exact) mass is 225 g/mol. The summed E-state index contributed by atoms with van der Waals surface area (Å²) in [4.78, 5) is 13.1. The molecule has 0 unspecified atom stereocenters. The number of carbonyl (C=O) groups excluding carboxylic acids is 1. The van der Waals surface area contributed by atoms with E-state index in [0.29, 0.717) is 6.54 Å². The summed E-state index contributed by atoms with van der Waals surface area (Å²) < 4.78 is 5.46. The number of hydrogen-bond donors (Lipinski definition) is 1. The van der Waals surface area contributed by atoms with Crippen LogP contribution in [0.1, 0.15) is 39.0 Å². The number of hydrogen-bond acceptors (Lipinski definition) is 3. The van der Waals surface area contributed by atoms with Gasteiger partial charge >= 0.3 is 6.09 Å². The van der Waals surface area contributed by atoms with Gasteiger partial charge in [0, 0.05) is 6.54 Å².